The monoisotopic (exact) mass is 590 g/mol. The van der Waals surface area contributed by atoms with Crippen molar-refractivity contribution in [1.29, 1.82) is 0 Å². The van der Waals surface area contributed by atoms with E-state index in [2.05, 4.69) is 38.5 Å². The van der Waals surface area contributed by atoms with Crippen molar-refractivity contribution in [2.24, 2.45) is 30.4 Å². The molecule has 0 saturated heterocycles. The van der Waals surface area contributed by atoms with Gasteiger partial charge in [-0.25, -0.2) is 0 Å². The van der Waals surface area contributed by atoms with Gasteiger partial charge < -0.3 is 0 Å². The van der Waals surface area contributed by atoms with E-state index in [0.29, 0.717) is 0 Å². The van der Waals surface area contributed by atoms with Crippen LogP contribution in [0.5, 0.6) is 0 Å². The molecule has 0 heterocycles. The van der Waals surface area contributed by atoms with Crippen molar-refractivity contribution in [2.75, 3.05) is 84.6 Å². The minimum Gasteiger partial charge on any atom is -0.250 e. The second-order valence-electron chi connectivity index (χ2n) is 10.5. The lowest BCUT2D eigenvalue weighted by Crippen LogP contribution is -2.30. The molecule has 0 fully saturated rings. The first kappa shape index (κ1) is 34.1. The van der Waals surface area contributed by atoms with Gasteiger partial charge in [0.1, 0.15) is 12.1 Å². The first-order valence-corrected chi connectivity index (χ1v) is 16.2. The van der Waals surface area contributed by atoms with Crippen LogP contribution in [-0.4, -0.2) is 113 Å². The summed E-state index contributed by atoms with van der Waals surface area (Å²) in [5.41, 5.74) is 1.93. The lowest BCUT2D eigenvalue weighted by Gasteiger charge is -2.39. The zero-order chi connectivity index (χ0) is 30.1. The van der Waals surface area contributed by atoms with E-state index in [4.69, 9.17) is 19.9 Å². The number of nitrogens with zero attached hydrogens (tertiary/aromatic N) is 12. The van der Waals surface area contributed by atoms with Crippen LogP contribution >= 0.6 is 15.0 Å². The van der Waals surface area contributed by atoms with Crippen molar-refractivity contribution in [3.63, 3.8) is 0 Å². The van der Waals surface area contributed by atoms with Crippen LogP contribution < -0.4 is 0 Å². The molecule has 0 aliphatic carbocycles. The van der Waals surface area contributed by atoms with Crippen molar-refractivity contribution in [1.82, 2.24) is 28.0 Å². The van der Waals surface area contributed by atoms with Gasteiger partial charge in [-0.1, -0.05) is 60.7 Å². The molecule has 0 aliphatic heterocycles. The number of benzene rings is 2. The average molecular weight is 591 g/mol. The standard InChI is InChI=1S/C26H48N12P2/c1-33(2)39(34(3)4,35(5)6)31-29-27-25(23-19-15-13-16-20-23)26(24-21-17-14-18-22-24)28-30-32-40(36(7)8,37(9)10)38(11)12/h13-22,25-26H,1-12H3/t25-,26-/m0/s1. The number of hydrogen-bond donors (Lipinski definition) is 0. The Labute approximate surface area is 241 Å². The Bertz CT molecular complexity index is 1060. The highest BCUT2D eigenvalue weighted by Gasteiger charge is 2.31. The van der Waals surface area contributed by atoms with Crippen LogP contribution in [0.3, 0.4) is 0 Å². The maximum Gasteiger partial charge on any atom is 0.193 e. The molecule has 0 unspecified atom stereocenters. The van der Waals surface area contributed by atoms with Crippen LogP contribution in [0.1, 0.15) is 23.2 Å². The van der Waals surface area contributed by atoms with Gasteiger partial charge in [0, 0.05) is 0 Å². The topological polar surface area (TPSA) is 93.6 Å². The largest absolute Gasteiger partial charge is 0.250 e. The van der Waals surface area contributed by atoms with Crippen molar-refractivity contribution in [3.8, 4) is 0 Å². The van der Waals surface area contributed by atoms with Crippen LogP contribution in [0.2, 0.25) is 0 Å². The van der Waals surface area contributed by atoms with Gasteiger partial charge in [-0.05, 0) is 106 Å². The molecule has 12 nitrogen and oxygen atoms in total. The van der Waals surface area contributed by atoms with Crippen LogP contribution in [0, 0.1) is 0 Å². The van der Waals surface area contributed by atoms with Gasteiger partial charge in [-0.2, -0.15) is 10.2 Å². The van der Waals surface area contributed by atoms with E-state index in [1.807, 2.05) is 145 Å². The molecule has 14 heteroatoms. The summed E-state index contributed by atoms with van der Waals surface area (Å²) in [5, 5.41) is 18.6. The van der Waals surface area contributed by atoms with E-state index >= 15 is 0 Å². The molecule has 0 bridgehead atoms. The summed E-state index contributed by atoms with van der Waals surface area (Å²) in [4.78, 5) is 9.64. The summed E-state index contributed by atoms with van der Waals surface area (Å²) in [6.07, 6.45) is 0. The van der Waals surface area contributed by atoms with E-state index in [1.165, 1.54) is 0 Å². The maximum absolute atomic E-state index is 4.82. The summed E-state index contributed by atoms with van der Waals surface area (Å²) in [7, 11) is 19.6. The second kappa shape index (κ2) is 15.2. The summed E-state index contributed by atoms with van der Waals surface area (Å²) in [6, 6.07) is 19.2. The highest BCUT2D eigenvalue weighted by atomic mass is 31.2. The zero-order valence-electron chi connectivity index (χ0n) is 26.2. The van der Waals surface area contributed by atoms with Crippen LogP contribution in [-0.2, 0) is 0 Å². The SMILES string of the molecule is CN(C)P(=NN=N[C@@H](c1ccccc1)[C@@H](N=NN=P(N(C)C)(N(C)C)N(C)C)c1ccccc1)(N(C)C)N(C)C. The molecule has 2 atom stereocenters. The van der Waals surface area contributed by atoms with Crippen LogP contribution in [0.15, 0.2) is 91.0 Å². The zero-order valence-corrected chi connectivity index (χ0v) is 28.0. The van der Waals surface area contributed by atoms with E-state index < -0.39 is 27.1 Å². The molecule has 222 valence electrons. The smallest absolute Gasteiger partial charge is 0.193 e. The Hall–Kier alpha value is -2.14. The Kier molecular flexibility index (Phi) is 12.9. The molecular formula is C26H48N12P2. The molecule has 0 N–H and O–H groups in total. The predicted molar refractivity (Wildman–Crippen MR) is 169 cm³/mol. The van der Waals surface area contributed by atoms with E-state index in [1.54, 1.807) is 0 Å². The lowest BCUT2D eigenvalue weighted by molar-refractivity contribution is 0.465. The fourth-order valence-corrected chi connectivity index (χ4v) is 10.4. The molecule has 0 saturated carbocycles. The Balaban J connectivity index is 2.78. The molecule has 2 aromatic carbocycles. The predicted octanol–water partition coefficient (Wildman–Crippen LogP) is 6.47. The lowest BCUT2D eigenvalue weighted by atomic mass is 9.95. The molecule has 2 aromatic rings. The first-order valence-electron chi connectivity index (χ1n) is 13.0. The van der Waals surface area contributed by atoms with Gasteiger partial charge in [-0.15, -0.1) is 9.71 Å². The molecular weight excluding hydrogens is 542 g/mol. The number of hydrogen-bond acceptors (Lipinski definition) is 2. The third-order valence-corrected chi connectivity index (χ3v) is 13.6. The normalized spacial score (nSPS) is 14.9. The van der Waals surface area contributed by atoms with Crippen LogP contribution in [0.25, 0.3) is 0 Å². The van der Waals surface area contributed by atoms with Gasteiger partial charge in [-0.3, -0.25) is 28.0 Å². The molecule has 0 aliphatic rings. The highest BCUT2D eigenvalue weighted by Crippen LogP contribution is 2.56. The summed E-state index contributed by atoms with van der Waals surface area (Å²) < 4.78 is 12.6. The fourth-order valence-electron chi connectivity index (χ4n) is 4.82. The van der Waals surface area contributed by atoms with Crippen molar-refractivity contribution >= 4 is 15.0 Å². The van der Waals surface area contributed by atoms with E-state index in [-0.39, 0.29) is 0 Å². The highest BCUT2D eigenvalue weighted by molar-refractivity contribution is 7.59. The van der Waals surface area contributed by atoms with E-state index in [9.17, 15) is 0 Å². The molecule has 40 heavy (non-hydrogen) atoms. The minimum absolute atomic E-state index is 0.467. The molecule has 2 rings (SSSR count). The fraction of sp³-hybridized carbons (Fsp3) is 0.538. The summed E-state index contributed by atoms with van der Waals surface area (Å²) in [6.45, 7) is 0. The molecule has 0 aromatic heterocycles. The average Bonchev–Trinajstić information content (AvgIpc) is 2.89. The minimum atomic E-state index is -2.26. The molecule has 0 radical (unpaired) electrons. The summed E-state index contributed by atoms with van der Waals surface area (Å²) in [5.74, 6) is 0. The van der Waals surface area contributed by atoms with Crippen molar-refractivity contribution in [3.05, 3.63) is 71.8 Å². The van der Waals surface area contributed by atoms with Gasteiger partial charge in [0.25, 0.3) is 0 Å². The van der Waals surface area contributed by atoms with Crippen LogP contribution in [0.4, 0.5) is 0 Å². The van der Waals surface area contributed by atoms with Gasteiger partial charge in [0.15, 0.2) is 15.0 Å². The maximum atomic E-state index is 4.82. The molecule has 0 spiro atoms. The van der Waals surface area contributed by atoms with Crippen molar-refractivity contribution in [2.45, 2.75) is 12.1 Å². The Morgan fingerprint density at radius 1 is 0.425 bits per heavy atom. The van der Waals surface area contributed by atoms with Gasteiger partial charge >= 0.3 is 0 Å². The Morgan fingerprint density at radius 2 is 0.675 bits per heavy atom. The van der Waals surface area contributed by atoms with Gasteiger partial charge in [0.05, 0.1) is 0 Å². The number of rotatable bonds is 13. The molecule has 0 amide bonds. The summed E-state index contributed by atoms with van der Waals surface area (Å²) >= 11 is 0. The van der Waals surface area contributed by atoms with E-state index in [0.717, 1.165) is 11.1 Å². The third kappa shape index (κ3) is 7.57. The van der Waals surface area contributed by atoms with Crippen molar-refractivity contribution < 1.29 is 0 Å². The van der Waals surface area contributed by atoms with Gasteiger partial charge in [0.2, 0.25) is 0 Å². The first-order chi connectivity index (χ1) is 18.8. The third-order valence-electron chi connectivity index (χ3n) is 6.47. The second-order valence-corrected chi connectivity index (χ2v) is 17.8. The Morgan fingerprint density at radius 3 is 0.900 bits per heavy atom. The quantitative estimate of drug-likeness (QED) is 0.151.